The van der Waals surface area contributed by atoms with Crippen molar-refractivity contribution in [2.75, 3.05) is 66.0 Å². The van der Waals surface area contributed by atoms with Crippen LogP contribution in [0.1, 0.15) is 77.0 Å². The lowest BCUT2D eigenvalue weighted by atomic mass is 9.79. The maximum absolute atomic E-state index is 13.3. The van der Waals surface area contributed by atoms with Crippen molar-refractivity contribution in [1.29, 1.82) is 0 Å². The minimum Gasteiger partial charge on any atom is -0.340 e. The Morgan fingerprint density at radius 1 is 0.919 bits per heavy atom. The second-order valence-corrected chi connectivity index (χ2v) is 12.9. The molecule has 0 aromatic carbocycles. The summed E-state index contributed by atoms with van der Waals surface area (Å²) in [5.74, 6) is 2.29. The van der Waals surface area contributed by atoms with E-state index in [-0.39, 0.29) is 6.10 Å². The van der Waals surface area contributed by atoms with E-state index in [4.69, 9.17) is 4.84 Å². The van der Waals surface area contributed by atoms with Gasteiger partial charge in [0.05, 0.1) is 12.3 Å². The molecule has 3 unspecified atom stereocenters. The number of hydroxylamine groups is 1. The highest BCUT2D eigenvalue weighted by molar-refractivity contribution is 5.76. The zero-order chi connectivity index (χ0) is 25.5. The van der Waals surface area contributed by atoms with Gasteiger partial charge in [0, 0.05) is 51.7 Å². The Bertz CT molecular complexity index is 690. The van der Waals surface area contributed by atoms with Crippen molar-refractivity contribution >= 4 is 5.91 Å². The highest BCUT2D eigenvalue weighted by Crippen LogP contribution is 2.30. The van der Waals surface area contributed by atoms with Gasteiger partial charge in [-0.1, -0.05) is 19.3 Å². The Labute approximate surface area is 225 Å². The molecule has 8 heteroatoms. The van der Waals surface area contributed by atoms with Gasteiger partial charge in [-0.2, -0.15) is 5.48 Å². The number of likely N-dealkylation sites (N-methyl/N-ethyl adjacent to an activating group) is 1. The molecule has 1 saturated carbocycles. The Morgan fingerprint density at radius 2 is 1.73 bits per heavy atom. The number of carbonyl (C=O) groups is 1. The van der Waals surface area contributed by atoms with Gasteiger partial charge in [0.2, 0.25) is 5.91 Å². The Hall–Kier alpha value is -0.770. The van der Waals surface area contributed by atoms with Crippen LogP contribution in [0, 0.1) is 17.8 Å². The van der Waals surface area contributed by atoms with Crippen molar-refractivity contribution < 1.29 is 9.63 Å². The van der Waals surface area contributed by atoms with E-state index in [0.29, 0.717) is 30.0 Å². The minimum absolute atomic E-state index is 0.283. The van der Waals surface area contributed by atoms with Gasteiger partial charge in [-0.3, -0.25) is 14.5 Å². The summed E-state index contributed by atoms with van der Waals surface area (Å²) in [4.78, 5) is 26.5. The van der Waals surface area contributed by atoms with E-state index in [1.807, 2.05) is 0 Å². The largest absolute Gasteiger partial charge is 0.340 e. The molecule has 37 heavy (non-hydrogen) atoms. The zero-order valence-electron chi connectivity index (χ0n) is 23.5. The summed E-state index contributed by atoms with van der Waals surface area (Å²) in [5.41, 5.74) is 3.37. The predicted octanol–water partition coefficient (Wildman–Crippen LogP) is 2.41. The van der Waals surface area contributed by atoms with Gasteiger partial charge >= 0.3 is 0 Å². The van der Waals surface area contributed by atoms with Gasteiger partial charge < -0.3 is 20.4 Å². The smallest absolute Gasteiger partial charge is 0.222 e. The standard InChI is InChI=1S/C29H54N6O2/c1-33(21-23-7-3-2-4-8-23)22-27-19-26(32-37-27)17-25-20-30-12-10-24(25)18-29(36)35-15-13-34(14-16-35)28-9-5-6-11-31-28/h23-28,30-32H,2-22H2,1H3/t24-,25+,26?,27?,28?/m0/s1. The van der Waals surface area contributed by atoms with Gasteiger partial charge in [-0.15, -0.1) is 0 Å². The van der Waals surface area contributed by atoms with Gasteiger partial charge in [-0.25, -0.2) is 0 Å². The van der Waals surface area contributed by atoms with Crippen LogP contribution in [0.15, 0.2) is 0 Å². The molecule has 5 aliphatic rings. The third kappa shape index (κ3) is 8.12. The first kappa shape index (κ1) is 27.8. The number of carbonyl (C=O) groups excluding carboxylic acids is 1. The van der Waals surface area contributed by atoms with Gasteiger partial charge in [0.1, 0.15) is 0 Å². The van der Waals surface area contributed by atoms with E-state index < -0.39 is 0 Å². The molecule has 8 nitrogen and oxygen atoms in total. The van der Waals surface area contributed by atoms with Crippen molar-refractivity contribution in [2.24, 2.45) is 17.8 Å². The normalized spacial score (nSPS) is 34.8. The first-order valence-electron chi connectivity index (χ1n) is 15.7. The molecule has 4 aliphatic heterocycles. The van der Waals surface area contributed by atoms with E-state index in [2.05, 4.69) is 37.9 Å². The van der Waals surface area contributed by atoms with Crippen LogP contribution in [0.4, 0.5) is 0 Å². The van der Waals surface area contributed by atoms with Crippen LogP contribution in [-0.4, -0.2) is 105 Å². The molecule has 3 N–H and O–H groups in total. The number of hydrogen-bond acceptors (Lipinski definition) is 7. The van der Waals surface area contributed by atoms with Gasteiger partial charge in [0.25, 0.3) is 0 Å². The fraction of sp³-hybridized carbons (Fsp3) is 0.966. The summed E-state index contributed by atoms with van der Waals surface area (Å²) in [6.45, 7) is 9.25. The lowest BCUT2D eigenvalue weighted by Gasteiger charge is -2.42. The number of piperazine rings is 1. The molecule has 0 spiro atoms. The van der Waals surface area contributed by atoms with Gasteiger partial charge in [0.15, 0.2) is 0 Å². The average molecular weight is 519 g/mol. The molecule has 0 radical (unpaired) electrons. The second-order valence-electron chi connectivity index (χ2n) is 12.9. The first-order valence-corrected chi connectivity index (χ1v) is 15.7. The van der Waals surface area contributed by atoms with Crippen LogP contribution >= 0.6 is 0 Å². The maximum Gasteiger partial charge on any atom is 0.222 e. The summed E-state index contributed by atoms with van der Waals surface area (Å²) >= 11 is 0. The zero-order valence-corrected chi connectivity index (χ0v) is 23.5. The molecule has 0 aromatic rings. The maximum atomic E-state index is 13.3. The molecule has 0 aromatic heterocycles. The summed E-state index contributed by atoms with van der Waals surface area (Å²) in [6.07, 6.45) is 15.8. The lowest BCUT2D eigenvalue weighted by Crippen LogP contribution is -2.57. The van der Waals surface area contributed by atoms with E-state index >= 15 is 0 Å². The van der Waals surface area contributed by atoms with Crippen molar-refractivity contribution in [3.63, 3.8) is 0 Å². The first-order chi connectivity index (χ1) is 18.1. The molecular weight excluding hydrogens is 464 g/mol. The fourth-order valence-corrected chi connectivity index (χ4v) is 7.76. The number of nitrogens with zero attached hydrogens (tertiary/aromatic N) is 3. The number of nitrogens with one attached hydrogen (secondary N) is 3. The van der Waals surface area contributed by atoms with Crippen LogP contribution in [0.25, 0.3) is 0 Å². The van der Waals surface area contributed by atoms with Crippen molar-refractivity contribution in [3.05, 3.63) is 0 Å². The molecule has 5 atom stereocenters. The highest BCUT2D eigenvalue weighted by Gasteiger charge is 2.35. The summed E-state index contributed by atoms with van der Waals surface area (Å²) < 4.78 is 0. The average Bonchev–Trinajstić information content (AvgIpc) is 3.37. The molecular formula is C29H54N6O2. The highest BCUT2D eigenvalue weighted by atomic mass is 16.7. The van der Waals surface area contributed by atoms with E-state index in [0.717, 1.165) is 84.0 Å². The SMILES string of the molecule is CN(CC1CCCCC1)CC1CC(C[C@@H]2CNCC[C@H]2CC(=O)N2CCN(C3CCCCN3)CC2)NO1. The third-order valence-electron chi connectivity index (χ3n) is 9.94. The minimum atomic E-state index is 0.283. The van der Waals surface area contributed by atoms with Crippen LogP contribution < -0.4 is 16.1 Å². The predicted molar refractivity (Wildman–Crippen MR) is 148 cm³/mol. The Morgan fingerprint density at radius 3 is 2.51 bits per heavy atom. The molecule has 5 rings (SSSR count). The van der Waals surface area contributed by atoms with Crippen molar-refractivity contribution in [3.8, 4) is 0 Å². The van der Waals surface area contributed by atoms with Crippen molar-refractivity contribution in [1.82, 2.24) is 30.8 Å². The number of rotatable bonds is 9. The number of piperidine rings is 2. The quantitative estimate of drug-likeness (QED) is 0.433. The summed E-state index contributed by atoms with van der Waals surface area (Å²) in [7, 11) is 2.27. The lowest BCUT2D eigenvalue weighted by molar-refractivity contribution is -0.135. The summed E-state index contributed by atoms with van der Waals surface area (Å²) in [5, 5.41) is 7.27. The molecule has 212 valence electrons. The van der Waals surface area contributed by atoms with Crippen LogP contribution in [0.2, 0.25) is 0 Å². The van der Waals surface area contributed by atoms with Crippen LogP contribution in [-0.2, 0) is 9.63 Å². The molecule has 0 bridgehead atoms. The van der Waals surface area contributed by atoms with E-state index in [1.54, 1.807) is 0 Å². The number of hydrogen-bond donors (Lipinski definition) is 3. The number of amides is 1. The molecule has 4 saturated heterocycles. The Kier molecular flexibility index (Phi) is 10.5. The molecule has 4 heterocycles. The van der Waals surface area contributed by atoms with Crippen LogP contribution in [0.3, 0.4) is 0 Å². The monoisotopic (exact) mass is 518 g/mol. The van der Waals surface area contributed by atoms with Gasteiger partial charge in [-0.05, 0) is 95.8 Å². The van der Waals surface area contributed by atoms with Crippen molar-refractivity contribution in [2.45, 2.75) is 95.4 Å². The fourth-order valence-electron chi connectivity index (χ4n) is 7.76. The second kappa shape index (κ2) is 14.0. The molecule has 1 amide bonds. The molecule has 5 fully saturated rings. The van der Waals surface area contributed by atoms with Crippen LogP contribution in [0.5, 0.6) is 0 Å². The third-order valence-corrected chi connectivity index (χ3v) is 9.94. The topological polar surface area (TPSA) is 72.1 Å². The van der Waals surface area contributed by atoms with E-state index in [1.165, 1.54) is 57.9 Å². The summed E-state index contributed by atoms with van der Waals surface area (Å²) in [6, 6.07) is 0.405. The molecule has 1 aliphatic carbocycles. The Balaban J connectivity index is 1.03. The van der Waals surface area contributed by atoms with E-state index in [9.17, 15) is 4.79 Å².